The fourth-order valence-electron chi connectivity index (χ4n) is 2.88. The Morgan fingerprint density at radius 2 is 2.11 bits per heavy atom. The minimum atomic E-state index is 0.407. The van der Waals surface area contributed by atoms with Gasteiger partial charge in [0.2, 0.25) is 5.13 Å². The van der Waals surface area contributed by atoms with Gasteiger partial charge in [-0.15, -0.1) is 0 Å². The van der Waals surface area contributed by atoms with E-state index in [0.29, 0.717) is 12.0 Å². The summed E-state index contributed by atoms with van der Waals surface area (Å²) < 4.78 is 4.53. The molecule has 1 saturated carbocycles. The van der Waals surface area contributed by atoms with Crippen molar-refractivity contribution in [3.8, 4) is 0 Å². The van der Waals surface area contributed by atoms with Gasteiger partial charge in [0.25, 0.3) is 0 Å². The van der Waals surface area contributed by atoms with Crippen LogP contribution in [0.3, 0.4) is 0 Å². The van der Waals surface area contributed by atoms with E-state index in [4.69, 9.17) is 4.98 Å². The van der Waals surface area contributed by atoms with Crippen molar-refractivity contribution in [2.75, 3.05) is 11.4 Å². The van der Waals surface area contributed by atoms with Crippen LogP contribution >= 0.6 is 11.5 Å². The Hall–Kier alpha value is -1.42. The highest BCUT2D eigenvalue weighted by Gasteiger charge is 2.30. The molecule has 0 N–H and O–H groups in total. The number of aromatic nitrogens is 2. The molecule has 0 amide bonds. The van der Waals surface area contributed by atoms with Gasteiger partial charge in [-0.05, 0) is 37.3 Å². The molecular weight excluding hydrogens is 254 g/mol. The van der Waals surface area contributed by atoms with E-state index in [0.717, 1.165) is 23.9 Å². The van der Waals surface area contributed by atoms with Crippen molar-refractivity contribution in [1.82, 2.24) is 9.36 Å². The maximum Gasteiger partial charge on any atom is 0.205 e. The lowest BCUT2D eigenvalue weighted by Crippen LogP contribution is -2.33. The summed E-state index contributed by atoms with van der Waals surface area (Å²) in [6.07, 6.45) is 3.65. The highest BCUT2D eigenvalue weighted by Crippen LogP contribution is 2.41. The van der Waals surface area contributed by atoms with Crippen molar-refractivity contribution in [3.05, 3.63) is 41.2 Å². The Morgan fingerprint density at radius 1 is 1.26 bits per heavy atom. The van der Waals surface area contributed by atoms with Crippen LogP contribution in [0.15, 0.2) is 24.3 Å². The van der Waals surface area contributed by atoms with Crippen molar-refractivity contribution in [3.63, 3.8) is 0 Å². The first-order valence-electron chi connectivity index (χ1n) is 7.01. The molecular formula is C15H17N3S. The second-order valence-electron chi connectivity index (χ2n) is 5.53. The molecule has 4 heteroatoms. The second-order valence-corrected chi connectivity index (χ2v) is 6.26. The summed E-state index contributed by atoms with van der Waals surface area (Å²) in [7, 11) is 0. The average Bonchev–Trinajstić information content (AvgIpc) is 3.18. The van der Waals surface area contributed by atoms with Crippen molar-refractivity contribution in [1.29, 1.82) is 0 Å². The van der Waals surface area contributed by atoms with E-state index in [1.54, 1.807) is 11.5 Å². The molecule has 3 nitrogen and oxygen atoms in total. The van der Waals surface area contributed by atoms with Crippen molar-refractivity contribution >= 4 is 16.7 Å². The molecule has 1 aromatic carbocycles. The molecule has 0 bridgehead atoms. The van der Waals surface area contributed by atoms with E-state index in [1.165, 1.54) is 24.0 Å². The van der Waals surface area contributed by atoms with Crippen LogP contribution in [-0.2, 0) is 6.42 Å². The second kappa shape index (κ2) is 4.30. The van der Waals surface area contributed by atoms with Gasteiger partial charge >= 0.3 is 0 Å². The van der Waals surface area contributed by atoms with Crippen LogP contribution in [-0.4, -0.2) is 15.9 Å². The summed E-state index contributed by atoms with van der Waals surface area (Å²) in [5, 5.41) is 1.10. The lowest BCUT2D eigenvalue weighted by Gasteiger charge is -2.34. The molecule has 1 aliphatic carbocycles. The van der Waals surface area contributed by atoms with Gasteiger partial charge in [-0.2, -0.15) is 4.37 Å². The first-order chi connectivity index (χ1) is 9.33. The first kappa shape index (κ1) is 11.4. The lowest BCUT2D eigenvalue weighted by atomic mass is 9.94. The SMILES string of the molecule is CC1c2ccccc2CCN1c1nc(C2CC2)ns1. The van der Waals surface area contributed by atoms with E-state index in [9.17, 15) is 0 Å². The molecule has 98 valence electrons. The fourth-order valence-corrected chi connectivity index (χ4v) is 3.74. The standard InChI is InChI=1S/C15H17N3S/c1-10-13-5-3-2-4-11(13)8-9-18(10)15-16-14(17-19-15)12-6-7-12/h2-5,10,12H,6-9H2,1H3. The third-order valence-corrected chi connectivity index (χ3v) is 4.98. The molecule has 2 heterocycles. The summed E-state index contributed by atoms with van der Waals surface area (Å²) >= 11 is 1.57. The van der Waals surface area contributed by atoms with Gasteiger partial charge in [0.1, 0.15) is 5.82 Å². The van der Waals surface area contributed by atoms with E-state index in [1.807, 2.05) is 0 Å². The summed E-state index contributed by atoms with van der Waals surface area (Å²) in [4.78, 5) is 7.16. The lowest BCUT2D eigenvalue weighted by molar-refractivity contribution is 0.622. The molecule has 1 aromatic heterocycles. The topological polar surface area (TPSA) is 29.0 Å². The molecule has 1 unspecified atom stereocenters. The van der Waals surface area contributed by atoms with Gasteiger partial charge in [0, 0.05) is 24.0 Å². The van der Waals surface area contributed by atoms with Crippen LogP contribution in [0.25, 0.3) is 0 Å². The average molecular weight is 271 g/mol. The van der Waals surface area contributed by atoms with E-state index < -0.39 is 0 Å². The van der Waals surface area contributed by atoms with Crippen molar-refractivity contribution in [2.45, 2.75) is 38.1 Å². The predicted molar refractivity (Wildman–Crippen MR) is 77.8 cm³/mol. The summed E-state index contributed by atoms with van der Waals surface area (Å²) in [5.74, 6) is 1.73. The van der Waals surface area contributed by atoms with Crippen molar-refractivity contribution in [2.24, 2.45) is 0 Å². The quantitative estimate of drug-likeness (QED) is 0.836. The summed E-state index contributed by atoms with van der Waals surface area (Å²) in [6.45, 7) is 3.33. The largest absolute Gasteiger partial charge is 0.340 e. The minimum absolute atomic E-state index is 0.407. The maximum atomic E-state index is 4.75. The predicted octanol–water partition coefficient (Wildman–Crippen LogP) is 3.54. The Balaban J connectivity index is 1.65. The van der Waals surface area contributed by atoms with Crippen LogP contribution < -0.4 is 4.90 Å². The number of hydrogen-bond acceptors (Lipinski definition) is 4. The van der Waals surface area contributed by atoms with Gasteiger partial charge in [-0.1, -0.05) is 24.3 Å². The summed E-state index contributed by atoms with van der Waals surface area (Å²) in [5.41, 5.74) is 2.93. The first-order valence-corrected chi connectivity index (χ1v) is 7.78. The van der Waals surface area contributed by atoms with Gasteiger partial charge in [-0.25, -0.2) is 4.98 Å². The van der Waals surface area contributed by atoms with E-state index in [-0.39, 0.29) is 0 Å². The number of fused-ring (bicyclic) bond motifs is 1. The van der Waals surface area contributed by atoms with Crippen LogP contribution in [0.2, 0.25) is 0 Å². The van der Waals surface area contributed by atoms with Crippen LogP contribution in [0.4, 0.5) is 5.13 Å². The van der Waals surface area contributed by atoms with Gasteiger partial charge in [-0.3, -0.25) is 0 Å². The van der Waals surface area contributed by atoms with Gasteiger partial charge < -0.3 is 4.90 Å². The molecule has 4 rings (SSSR count). The van der Waals surface area contributed by atoms with Crippen LogP contribution in [0.1, 0.15) is 48.7 Å². The normalized spacial score (nSPS) is 22.4. The zero-order chi connectivity index (χ0) is 12.8. The van der Waals surface area contributed by atoms with Crippen LogP contribution in [0, 0.1) is 0 Å². The number of nitrogens with zero attached hydrogens (tertiary/aromatic N) is 3. The number of benzene rings is 1. The third kappa shape index (κ3) is 1.94. The molecule has 0 radical (unpaired) electrons. The maximum absolute atomic E-state index is 4.75. The highest BCUT2D eigenvalue weighted by molar-refractivity contribution is 7.09. The molecule has 2 aliphatic rings. The molecule has 1 atom stereocenters. The monoisotopic (exact) mass is 271 g/mol. The van der Waals surface area contributed by atoms with E-state index in [2.05, 4.69) is 40.5 Å². The molecule has 2 aromatic rings. The Bertz CT molecular complexity index is 603. The minimum Gasteiger partial charge on any atom is -0.340 e. The van der Waals surface area contributed by atoms with Crippen LogP contribution in [0.5, 0.6) is 0 Å². The zero-order valence-corrected chi connectivity index (χ0v) is 11.9. The Labute approximate surface area is 117 Å². The third-order valence-electron chi connectivity index (χ3n) is 4.21. The molecule has 0 spiro atoms. The molecule has 1 aliphatic heterocycles. The van der Waals surface area contributed by atoms with Gasteiger partial charge in [0.05, 0.1) is 6.04 Å². The molecule has 19 heavy (non-hydrogen) atoms. The Morgan fingerprint density at radius 3 is 2.95 bits per heavy atom. The van der Waals surface area contributed by atoms with Gasteiger partial charge in [0.15, 0.2) is 0 Å². The molecule has 1 fully saturated rings. The highest BCUT2D eigenvalue weighted by atomic mass is 32.1. The Kier molecular flexibility index (Phi) is 2.58. The number of rotatable bonds is 2. The van der Waals surface area contributed by atoms with Crippen molar-refractivity contribution < 1.29 is 0 Å². The van der Waals surface area contributed by atoms with E-state index >= 15 is 0 Å². The number of hydrogen-bond donors (Lipinski definition) is 0. The fraction of sp³-hybridized carbons (Fsp3) is 0.467. The number of anilines is 1. The smallest absolute Gasteiger partial charge is 0.205 e. The molecule has 0 saturated heterocycles. The summed E-state index contributed by atoms with van der Waals surface area (Å²) in [6, 6.07) is 9.17. The zero-order valence-electron chi connectivity index (χ0n) is 11.0.